The Labute approximate surface area is 96.2 Å². The van der Waals surface area contributed by atoms with Crippen molar-refractivity contribution in [3.05, 3.63) is 30.0 Å². The van der Waals surface area contributed by atoms with Gasteiger partial charge in [-0.05, 0) is 23.7 Å². The number of aromatic amines is 1. The summed E-state index contributed by atoms with van der Waals surface area (Å²) >= 11 is 5.17. The molecule has 0 aliphatic heterocycles. The highest BCUT2D eigenvalue weighted by atomic mass is 35.5. The van der Waals surface area contributed by atoms with Crippen molar-refractivity contribution in [2.24, 2.45) is 0 Å². The first-order chi connectivity index (χ1) is 7.65. The lowest BCUT2D eigenvalue weighted by atomic mass is 10.1. The summed E-state index contributed by atoms with van der Waals surface area (Å²) in [7, 11) is 1.50. The molecular weight excluding hydrogens is 230 g/mol. The van der Waals surface area contributed by atoms with Gasteiger partial charge in [-0.1, -0.05) is 6.07 Å². The minimum atomic E-state index is -1.01. The molecule has 0 fully saturated rings. The van der Waals surface area contributed by atoms with Crippen LogP contribution in [-0.2, 0) is 4.79 Å². The summed E-state index contributed by atoms with van der Waals surface area (Å²) in [6.45, 7) is 0. The molecule has 0 aliphatic carbocycles. The van der Waals surface area contributed by atoms with Gasteiger partial charge in [0.15, 0.2) is 0 Å². The molecule has 0 bridgehead atoms. The number of aromatic nitrogens is 1. The first-order valence-corrected chi connectivity index (χ1v) is 4.91. The van der Waals surface area contributed by atoms with Gasteiger partial charge < -0.3 is 9.72 Å². The van der Waals surface area contributed by atoms with E-state index in [-0.39, 0.29) is 5.56 Å². The van der Waals surface area contributed by atoms with Crippen LogP contribution in [0.4, 0.5) is 0 Å². The highest BCUT2D eigenvalue weighted by Gasteiger charge is 2.20. The standard InChI is InChI=1S/C11H8ClNO3/c1-16-8-4-2-3-7-9(8)6(5-13-7)10(14)11(12)15/h2-5,13H,1H3. The molecule has 0 saturated heterocycles. The van der Waals surface area contributed by atoms with E-state index in [0.29, 0.717) is 11.1 Å². The van der Waals surface area contributed by atoms with Gasteiger partial charge in [0.25, 0.3) is 5.24 Å². The third-order valence-electron chi connectivity index (χ3n) is 2.31. The second-order valence-corrected chi connectivity index (χ2v) is 3.53. The summed E-state index contributed by atoms with van der Waals surface area (Å²) in [5, 5.41) is -0.434. The summed E-state index contributed by atoms with van der Waals surface area (Å²) in [4.78, 5) is 25.3. The molecule has 1 aromatic heterocycles. The number of Topliss-reactive ketones (excluding diaryl/α,β-unsaturated/α-hetero) is 1. The Hall–Kier alpha value is -1.81. The number of carbonyl (C=O) groups is 2. The number of H-pyrrole nitrogens is 1. The third kappa shape index (κ3) is 1.57. The topological polar surface area (TPSA) is 59.2 Å². The van der Waals surface area contributed by atoms with E-state index in [1.54, 1.807) is 18.2 Å². The van der Waals surface area contributed by atoms with Crippen molar-refractivity contribution in [1.29, 1.82) is 0 Å². The van der Waals surface area contributed by atoms with Gasteiger partial charge in [0, 0.05) is 11.7 Å². The van der Waals surface area contributed by atoms with Gasteiger partial charge >= 0.3 is 0 Å². The Balaban J connectivity index is 2.72. The maximum absolute atomic E-state index is 11.5. The second kappa shape index (κ2) is 3.98. The number of rotatable bonds is 3. The van der Waals surface area contributed by atoms with Crippen LogP contribution in [0.15, 0.2) is 24.4 Å². The van der Waals surface area contributed by atoms with E-state index >= 15 is 0 Å². The maximum atomic E-state index is 11.5. The molecule has 0 radical (unpaired) electrons. The van der Waals surface area contributed by atoms with Gasteiger partial charge in [-0.3, -0.25) is 9.59 Å². The Morgan fingerprint density at radius 3 is 2.75 bits per heavy atom. The fraction of sp³-hybridized carbons (Fsp3) is 0.0909. The molecule has 0 atom stereocenters. The normalized spacial score (nSPS) is 10.4. The predicted octanol–water partition coefficient (Wildman–Crippen LogP) is 2.12. The lowest BCUT2D eigenvalue weighted by Gasteiger charge is -2.02. The van der Waals surface area contributed by atoms with Gasteiger partial charge in [0.2, 0.25) is 5.78 Å². The van der Waals surface area contributed by atoms with Gasteiger partial charge in [-0.25, -0.2) is 0 Å². The number of hydrogen-bond acceptors (Lipinski definition) is 3. The van der Waals surface area contributed by atoms with Crippen molar-refractivity contribution in [1.82, 2.24) is 4.98 Å². The van der Waals surface area contributed by atoms with Crippen LogP contribution in [0.1, 0.15) is 10.4 Å². The number of ketones is 1. The number of nitrogens with one attached hydrogen (secondary N) is 1. The number of ether oxygens (including phenoxy) is 1. The van der Waals surface area contributed by atoms with Crippen LogP contribution >= 0.6 is 11.6 Å². The first kappa shape index (κ1) is 10.7. The summed E-state index contributed by atoms with van der Waals surface area (Å²) in [6, 6.07) is 5.29. The summed E-state index contributed by atoms with van der Waals surface area (Å²) in [5.41, 5.74) is 0.952. The highest BCUT2D eigenvalue weighted by molar-refractivity contribution is 6.83. The van der Waals surface area contributed by atoms with Crippen LogP contribution < -0.4 is 4.74 Å². The van der Waals surface area contributed by atoms with Crippen LogP contribution in [0.2, 0.25) is 0 Å². The minimum Gasteiger partial charge on any atom is -0.496 e. The highest BCUT2D eigenvalue weighted by Crippen LogP contribution is 2.28. The van der Waals surface area contributed by atoms with E-state index in [1.165, 1.54) is 13.3 Å². The summed E-state index contributed by atoms with van der Waals surface area (Å²) in [5.74, 6) is -0.211. The molecule has 0 aliphatic rings. The van der Waals surface area contributed by atoms with Crippen LogP contribution in [0, 0.1) is 0 Å². The second-order valence-electron chi connectivity index (χ2n) is 3.19. The molecule has 0 spiro atoms. The van der Waals surface area contributed by atoms with E-state index in [4.69, 9.17) is 16.3 Å². The maximum Gasteiger partial charge on any atom is 0.293 e. The molecule has 4 nitrogen and oxygen atoms in total. The van der Waals surface area contributed by atoms with Gasteiger partial charge in [-0.2, -0.15) is 0 Å². The average molecular weight is 238 g/mol. The zero-order valence-electron chi connectivity index (χ0n) is 8.41. The third-order valence-corrected chi connectivity index (χ3v) is 2.48. The van der Waals surface area contributed by atoms with E-state index in [1.807, 2.05) is 0 Å². The lowest BCUT2D eigenvalue weighted by molar-refractivity contribution is -0.108. The zero-order valence-corrected chi connectivity index (χ0v) is 9.17. The molecule has 0 unspecified atom stereocenters. The molecule has 5 heteroatoms. The quantitative estimate of drug-likeness (QED) is 0.505. The molecule has 1 aromatic carbocycles. The van der Waals surface area contributed by atoms with Gasteiger partial charge in [-0.15, -0.1) is 0 Å². The first-order valence-electron chi connectivity index (χ1n) is 4.53. The molecule has 82 valence electrons. The number of benzene rings is 1. The molecule has 16 heavy (non-hydrogen) atoms. The zero-order chi connectivity index (χ0) is 11.7. The van der Waals surface area contributed by atoms with Crippen LogP contribution in [0.5, 0.6) is 5.75 Å². The number of hydrogen-bond donors (Lipinski definition) is 1. The van der Waals surface area contributed by atoms with Crippen LogP contribution in [0.3, 0.4) is 0 Å². The van der Waals surface area contributed by atoms with Crippen molar-refractivity contribution in [3.8, 4) is 5.75 Å². The Morgan fingerprint density at radius 1 is 1.38 bits per heavy atom. The van der Waals surface area contributed by atoms with Crippen LogP contribution in [-0.4, -0.2) is 23.1 Å². The number of halogens is 1. The van der Waals surface area contributed by atoms with Crippen molar-refractivity contribution < 1.29 is 14.3 Å². The van der Waals surface area contributed by atoms with Crippen molar-refractivity contribution >= 4 is 33.5 Å². The SMILES string of the molecule is COc1cccc2[nH]cc(C(=O)C(=O)Cl)c12. The molecule has 1 N–H and O–H groups in total. The molecule has 2 aromatic rings. The molecular formula is C11H8ClNO3. The number of methoxy groups -OCH3 is 1. The predicted molar refractivity (Wildman–Crippen MR) is 60.0 cm³/mol. The van der Waals surface area contributed by atoms with Gasteiger partial charge in [0.05, 0.1) is 18.1 Å². The monoisotopic (exact) mass is 237 g/mol. The van der Waals surface area contributed by atoms with Crippen LogP contribution in [0.25, 0.3) is 10.9 Å². The smallest absolute Gasteiger partial charge is 0.293 e. The van der Waals surface area contributed by atoms with Crippen molar-refractivity contribution in [2.75, 3.05) is 7.11 Å². The summed E-state index contributed by atoms with van der Waals surface area (Å²) in [6.07, 6.45) is 1.45. The van der Waals surface area contributed by atoms with E-state index in [2.05, 4.69) is 4.98 Å². The van der Waals surface area contributed by atoms with Crippen molar-refractivity contribution in [2.45, 2.75) is 0 Å². The van der Waals surface area contributed by atoms with E-state index < -0.39 is 11.0 Å². The fourth-order valence-corrected chi connectivity index (χ4v) is 1.71. The Kier molecular flexibility index (Phi) is 2.66. The number of fused-ring (bicyclic) bond motifs is 1. The molecule has 1 heterocycles. The fourth-order valence-electron chi connectivity index (χ4n) is 1.61. The Bertz CT molecular complexity index is 574. The van der Waals surface area contributed by atoms with E-state index in [0.717, 1.165) is 5.52 Å². The summed E-state index contributed by atoms with van der Waals surface area (Å²) < 4.78 is 5.13. The average Bonchev–Trinajstić information content (AvgIpc) is 2.71. The van der Waals surface area contributed by atoms with E-state index in [9.17, 15) is 9.59 Å². The molecule has 0 amide bonds. The van der Waals surface area contributed by atoms with Crippen molar-refractivity contribution in [3.63, 3.8) is 0 Å². The minimum absolute atomic E-state index is 0.229. The largest absolute Gasteiger partial charge is 0.496 e. The van der Waals surface area contributed by atoms with Gasteiger partial charge in [0.1, 0.15) is 5.75 Å². The Morgan fingerprint density at radius 2 is 2.12 bits per heavy atom. The molecule has 2 rings (SSSR count). The number of carbonyl (C=O) groups excluding carboxylic acids is 2. The molecule has 0 saturated carbocycles. The lowest BCUT2D eigenvalue weighted by Crippen LogP contribution is -2.06.